The summed E-state index contributed by atoms with van der Waals surface area (Å²) < 4.78 is 29.1. The summed E-state index contributed by atoms with van der Waals surface area (Å²) in [6, 6.07) is 1.82. The highest BCUT2D eigenvalue weighted by Gasteiger charge is 2.31. The summed E-state index contributed by atoms with van der Waals surface area (Å²) in [4.78, 5) is 0.389. The molecular weight excluding hydrogens is 274 g/mol. The smallest absolute Gasteiger partial charge is 0.244 e. The lowest BCUT2D eigenvalue weighted by Gasteiger charge is -2.31. The summed E-state index contributed by atoms with van der Waals surface area (Å²) in [6.07, 6.45) is 5.70. The lowest BCUT2D eigenvalue weighted by atomic mass is 10.1. The van der Waals surface area contributed by atoms with E-state index in [4.69, 9.17) is 5.73 Å². The van der Waals surface area contributed by atoms with Gasteiger partial charge in [0.2, 0.25) is 10.0 Å². The van der Waals surface area contributed by atoms with E-state index in [-0.39, 0.29) is 6.04 Å². The number of aryl methyl sites for hydroxylation is 1. The minimum atomic E-state index is -3.38. The van der Waals surface area contributed by atoms with Gasteiger partial charge in [-0.3, -0.25) is 0 Å². The van der Waals surface area contributed by atoms with E-state index in [0.29, 0.717) is 18.0 Å². The fraction of sp³-hybridized carbons (Fsp3) is 0.714. The van der Waals surface area contributed by atoms with E-state index in [9.17, 15) is 8.42 Å². The number of rotatable bonds is 5. The van der Waals surface area contributed by atoms with Crippen LogP contribution in [0.2, 0.25) is 0 Å². The van der Waals surface area contributed by atoms with Crippen molar-refractivity contribution in [2.75, 3.05) is 6.54 Å². The maximum atomic E-state index is 12.8. The van der Waals surface area contributed by atoms with E-state index in [1.807, 2.05) is 11.5 Å². The number of piperidine rings is 1. The van der Waals surface area contributed by atoms with Crippen LogP contribution in [0.4, 0.5) is 0 Å². The van der Waals surface area contributed by atoms with Gasteiger partial charge in [0, 0.05) is 37.6 Å². The first-order valence-electron chi connectivity index (χ1n) is 7.41. The first kappa shape index (κ1) is 15.5. The summed E-state index contributed by atoms with van der Waals surface area (Å²) in [7, 11) is -3.38. The first-order chi connectivity index (χ1) is 9.50. The van der Waals surface area contributed by atoms with Crippen molar-refractivity contribution in [3.63, 3.8) is 0 Å². The van der Waals surface area contributed by atoms with E-state index < -0.39 is 10.0 Å². The Bertz CT molecular complexity index is 551. The molecule has 1 aliphatic heterocycles. The monoisotopic (exact) mass is 299 g/mol. The van der Waals surface area contributed by atoms with Crippen molar-refractivity contribution in [3.05, 3.63) is 18.0 Å². The quantitative estimate of drug-likeness (QED) is 0.903. The van der Waals surface area contributed by atoms with E-state index in [1.54, 1.807) is 16.6 Å². The molecule has 114 valence electrons. The van der Waals surface area contributed by atoms with Crippen LogP contribution in [0.3, 0.4) is 0 Å². The molecule has 20 heavy (non-hydrogen) atoms. The van der Waals surface area contributed by atoms with Crippen molar-refractivity contribution in [3.8, 4) is 0 Å². The Labute approximate surface area is 121 Å². The van der Waals surface area contributed by atoms with Gasteiger partial charge in [0.15, 0.2) is 0 Å². The molecule has 1 aromatic heterocycles. The van der Waals surface area contributed by atoms with Gasteiger partial charge in [0.05, 0.1) is 0 Å². The highest BCUT2D eigenvalue weighted by atomic mass is 32.2. The van der Waals surface area contributed by atoms with Crippen LogP contribution in [-0.4, -0.2) is 29.9 Å². The molecule has 1 unspecified atom stereocenters. The maximum absolute atomic E-state index is 12.8. The molecule has 2 N–H and O–H groups in total. The van der Waals surface area contributed by atoms with Crippen LogP contribution in [0.25, 0.3) is 0 Å². The Morgan fingerprint density at radius 3 is 2.75 bits per heavy atom. The van der Waals surface area contributed by atoms with Crippen molar-refractivity contribution in [1.29, 1.82) is 0 Å². The molecule has 0 radical (unpaired) electrons. The fourth-order valence-corrected chi connectivity index (χ4v) is 4.62. The summed E-state index contributed by atoms with van der Waals surface area (Å²) in [5, 5.41) is 0. The second-order valence-electron chi connectivity index (χ2n) is 5.53. The molecule has 0 bridgehead atoms. The molecule has 0 saturated carbocycles. The number of aromatic nitrogens is 1. The number of hydrogen-bond acceptors (Lipinski definition) is 3. The van der Waals surface area contributed by atoms with Crippen molar-refractivity contribution in [2.24, 2.45) is 5.73 Å². The van der Waals surface area contributed by atoms with Crippen LogP contribution in [0, 0.1) is 0 Å². The van der Waals surface area contributed by atoms with Crippen molar-refractivity contribution in [2.45, 2.75) is 63.6 Å². The standard InChI is InChI=1S/C14H25N3O2S/c1-3-7-16-11-14(9-13(16)10-15)20(18,19)17-8-5-4-6-12(17)2/h9,11-12H,3-8,10,15H2,1-2H3. The number of hydrogen-bond donors (Lipinski definition) is 1. The van der Waals surface area contributed by atoms with Gasteiger partial charge in [0.25, 0.3) is 0 Å². The number of sulfonamides is 1. The third-order valence-electron chi connectivity index (χ3n) is 3.98. The van der Waals surface area contributed by atoms with E-state index in [0.717, 1.165) is 37.9 Å². The van der Waals surface area contributed by atoms with Crippen LogP contribution in [0.5, 0.6) is 0 Å². The lowest BCUT2D eigenvalue weighted by Crippen LogP contribution is -2.41. The zero-order chi connectivity index (χ0) is 14.8. The minimum absolute atomic E-state index is 0.0876. The van der Waals surface area contributed by atoms with E-state index >= 15 is 0 Å². The highest BCUT2D eigenvalue weighted by molar-refractivity contribution is 7.89. The second kappa shape index (κ2) is 6.28. The van der Waals surface area contributed by atoms with Gasteiger partial charge in [-0.1, -0.05) is 13.3 Å². The predicted octanol–water partition coefficient (Wildman–Crippen LogP) is 1.92. The second-order valence-corrected chi connectivity index (χ2v) is 7.42. The molecule has 6 heteroatoms. The molecule has 2 heterocycles. The summed E-state index contributed by atoms with van der Waals surface area (Å²) in [5.41, 5.74) is 6.60. The van der Waals surface area contributed by atoms with Crippen LogP contribution < -0.4 is 5.73 Å². The predicted molar refractivity (Wildman–Crippen MR) is 79.8 cm³/mol. The zero-order valence-corrected chi connectivity index (χ0v) is 13.2. The Hall–Kier alpha value is -0.850. The van der Waals surface area contributed by atoms with Crippen LogP contribution in [-0.2, 0) is 23.1 Å². The molecule has 1 saturated heterocycles. The summed E-state index contributed by atoms with van der Waals surface area (Å²) in [5.74, 6) is 0. The Morgan fingerprint density at radius 1 is 1.40 bits per heavy atom. The van der Waals surface area contributed by atoms with Crippen molar-refractivity contribution in [1.82, 2.24) is 8.87 Å². The van der Waals surface area contributed by atoms with E-state index in [2.05, 4.69) is 6.92 Å². The topological polar surface area (TPSA) is 68.3 Å². The van der Waals surface area contributed by atoms with Crippen LogP contribution >= 0.6 is 0 Å². The zero-order valence-electron chi connectivity index (χ0n) is 12.4. The average Bonchev–Trinajstić information content (AvgIpc) is 2.83. The third-order valence-corrected chi connectivity index (χ3v) is 5.96. The molecule has 1 aliphatic rings. The van der Waals surface area contributed by atoms with Gasteiger partial charge >= 0.3 is 0 Å². The molecule has 5 nitrogen and oxygen atoms in total. The molecule has 0 aromatic carbocycles. The van der Waals surface area contributed by atoms with Crippen LogP contribution in [0.15, 0.2) is 17.2 Å². The number of nitrogens with zero attached hydrogens (tertiary/aromatic N) is 2. The van der Waals surface area contributed by atoms with Crippen molar-refractivity contribution >= 4 is 10.0 Å². The largest absolute Gasteiger partial charge is 0.349 e. The van der Waals surface area contributed by atoms with Crippen LogP contribution in [0.1, 0.15) is 45.2 Å². The Morgan fingerprint density at radius 2 is 2.15 bits per heavy atom. The molecule has 1 atom stereocenters. The Kier molecular flexibility index (Phi) is 4.88. The van der Waals surface area contributed by atoms with Gasteiger partial charge < -0.3 is 10.3 Å². The van der Waals surface area contributed by atoms with Crippen molar-refractivity contribution < 1.29 is 8.42 Å². The average molecular weight is 299 g/mol. The maximum Gasteiger partial charge on any atom is 0.244 e. The number of nitrogens with two attached hydrogens (primary N) is 1. The minimum Gasteiger partial charge on any atom is -0.349 e. The van der Waals surface area contributed by atoms with Gasteiger partial charge in [-0.05, 0) is 32.3 Å². The van der Waals surface area contributed by atoms with E-state index in [1.165, 1.54) is 0 Å². The molecule has 0 aliphatic carbocycles. The van der Waals surface area contributed by atoms with Gasteiger partial charge in [-0.15, -0.1) is 0 Å². The molecule has 1 fully saturated rings. The first-order valence-corrected chi connectivity index (χ1v) is 8.85. The molecule has 1 aromatic rings. The molecule has 0 spiro atoms. The van der Waals surface area contributed by atoms with Gasteiger partial charge in [-0.2, -0.15) is 4.31 Å². The lowest BCUT2D eigenvalue weighted by molar-refractivity contribution is 0.268. The van der Waals surface area contributed by atoms with Gasteiger partial charge in [0.1, 0.15) is 4.90 Å². The fourth-order valence-electron chi connectivity index (χ4n) is 2.85. The third kappa shape index (κ3) is 2.92. The molecular formula is C14H25N3O2S. The Balaban J connectivity index is 2.33. The molecule has 0 amide bonds. The summed E-state index contributed by atoms with van der Waals surface area (Å²) >= 11 is 0. The van der Waals surface area contributed by atoms with Gasteiger partial charge in [-0.25, -0.2) is 8.42 Å². The molecule has 2 rings (SSSR count). The normalized spacial score (nSPS) is 21.2. The summed E-state index contributed by atoms with van der Waals surface area (Å²) in [6.45, 7) is 5.86. The SMILES string of the molecule is CCCn1cc(S(=O)(=O)N2CCCCC2C)cc1CN. The highest BCUT2D eigenvalue weighted by Crippen LogP contribution is 2.26.